The van der Waals surface area contributed by atoms with E-state index in [1.807, 2.05) is 60.7 Å². The van der Waals surface area contributed by atoms with Crippen LogP contribution < -0.4 is 16.0 Å². The maximum Gasteiger partial charge on any atom is 0.230 e. The fourth-order valence-electron chi connectivity index (χ4n) is 4.13. The molecule has 0 saturated heterocycles. The van der Waals surface area contributed by atoms with Crippen LogP contribution >= 0.6 is 0 Å². The number of benzene rings is 3. The third-order valence-corrected chi connectivity index (χ3v) is 6.14. The van der Waals surface area contributed by atoms with E-state index >= 15 is 0 Å². The van der Waals surface area contributed by atoms with Crippen LogP contribution in [0.5, 0.6) is 5.75 Å². The normalized spacial score (nSPS) is 14.5. The first-order valence-electron chi connectivity index (χ1n) is 13.6. The van der Waals surface area contributed by atoms with Gasteiger partial charge in [-0.25, -0.2) is 0 Å². The van der Waals surface area contributed by atoms with Crippen LogP contribution in [-0.2, 0) is 4.79 Å². The number of aromatic hydroxyl groups is 1. The Labute approximate surface area is 230 Å². The molecule has 1 aliphatic heterocycles. The fourth-order valence-corrected chi connectivity index (χ4v) is 4.13. The molecule has 0 atom stereocenters. The highest BCUT2D eigenvalue weighted by Gasteiger charge is 2.11. The predicted molar refractivity (Wildman–Crippen MR) is 161 cm³/mol. The molecule has 0 unspecified atom stereocenters. The van der Waals surface area contributed by atoms with E-state index in [-0.39, 0.29) is 11.7 Å². The monoisotopic (exact) mass is 524 g/mol. The van der Waals surface area contributed by atoms with Crippen LogP contribution in [0.25, 0.3) is 0 Å². The summed E-state index contributed by atoms with van der Waals surface area (Å²) < 4.78 is 0. The average molecular weight is 525 g/mol. The quantitative estimate of drug-likeness (QED) is 0.172. The summed E-state index contributed by atoms with van der Waals surface area (Å²) in [7, 11) is 0. The fraction of sp³-hybridized carbons (Fsp3) is 0.290. The summed E-state index contributed by atoms with van der Waals surface area (Å²) in [6.45, 7) is 0.695. The average Bonchev–Trinajstić information content (AvgIpc) is 2.93. The number of phenolic OH excluding ortho intramolecular Hbond substituents is 1. The first-order valence-corrected chi connectivity index (χ1v) is 13.6. The van der Waals surface area contributed by atoms with Crippen molar-refractivity contribution in [3.8, 4) is 5.75 Å². The first-order chi connectivity index (χ1) is 19.1. The lowest BCUT2D eigenvalue weighted by Gasteiger charge is -2.15. The van der Waals surface area contributed by atoms with Gasteiger partial charge in [0.05, 0.1) is 0 Å². The zero-order valence-corrected chi connectivity index (χ0v) is 22.1. The van der Waals surface area contributed by atoms with Crippen molar-refractivity contribution in [1.29, 1.82) is 0 Å². The summed E-state index contributed by atoms with van der Waals surface area (Å²) in [5.41, 5.74) is 2.60. The number of aliphatic imine (C=N–C) groups is 3. The first kappa shape index (κ1) is 27.6. The molecule has 8 heteroatoms. The number of nitrogens with one attached hydrogen (secondary N) is 3. The van der Waals surface area contributed by atoms with Crippen LogP contribution in [0.3, 0.4) is 0 Å². The van der Waals surface area contributed by atoms with E-state index in [1.54, 1.807) is 24.3 Å². The Morgan fingerprint density at radius 3 is 2.15 bits per heavy atom. The molecule has 0 bridgehead atoms. The van der Waals surface area contributed by atoms with Gasteiger partial charge in [0, 0.05) is 42.9 Å². The molecule has 4 N–H and O–H groups in total. The van der Waals surface area contributed by atoms with Crippen LogP contribution in [0, 0.1) is 0 Å². The van der Waals surface area contributed by atoms with Crippen molar-refractivity contribution in [2.75, 3.05) is 22.5 Å². The lowest BCUT2D eigenvalue weighted by molar-refractivity contribution is -0.116. The third kappa shape index (κ3) is 10.1. The van der Waals surface area contributed by atoms with Gasteiger partial charge in [-0.3, -0.25) is 9.79 Å². The zero-order chi connectivity index (χ0) is 27.1. The van der Waals surface area contributed by atoms with Crippen LogP contribution in [0.4, 0.5) is 17.1 Å². The van der Waals surface area contributed by atoms with Gasteiger partial charge in [0.15, 0.2) is 0 Å². The number of para-hydroxylation sites is 2. The molecule has 8 nitrogen and oxygen atoms in total. The topological polar surface area (TPSA) is 110 Å². The van der Waals surface area contributed by atoms with Crippen molar-refractivity contribution in [3.05, 3.63) is 84.9 Å². The highest BCUT2D eigenvalue weighted by atomic mass is 16.3. The Kier molecular flexibility index (Phi) is 10.7. The van der Waals surface area contributed by atoms with Gasteiger partial charge in [-0.2, -0.15) is 9.98 Å². The van der Waals surface area contributed by atoms with Gasteiger partial charge < -0.3 is 21.1 Å². The van der Waals surface area contributed by atoms with Crippen molar-refractivity contribution in [3.63, 3.8) is 0 Å². The number of hydrogen-bond donors (Lipinski definition) is 4. The Morgan fingerprint density at radius 2 is 1.41 bits per heavy atom. The Morgan fingerprint density at radius 1 is 0.744 bits per heavy atom. The molecule has 0 radical (unpaired) electrons. The number of hydrogen-bond acceptors (Lipinski definition) is 6. The van der Waals surface area contributed by atoms with Gasteiger partial charge in [-0.15, -0.1) is 0 Å². The molecule has 4 rings (SSSR count). The van der Waals surface area contributed by atoms with E-state index in [1.165, 1.54) is 0 Å². The van der Waals surface area contributed by atoms with Crippen molar-refractivity contribution >= 4 is 40.6 Å². The molecular weight excluding hydrogens is 488 g/mol. The summed E-state index contributed by atoms with van der Waals surface area (Å²) in [6.07, 6.45) is 6.76. The molecule has 3 aromatic carbocycles. The van der Waals surface area contributed by atoms with Gasteiger partial charge in [-0.05, 0) is 67.8 Å². The number of nitrogens with zero attached hydrogens (tertiary/aromatic N) is 3. The van der Waals surface area contributed by atoms with Crippen molar-refractivity contribution in [1.82, 2.24) is 0 Å². The molecular formula is C31H36N6O2. The van der Waals surface area contributed by atoms with Crippen molar-refractivity contribution in [2.24, 2.45) is 15.0 Å². The molecule has 0 saturated carbocycles. The Balaban J connectivity index is 1.30. The lowest BCUT2D eigenvalue weighted by atomic mass is 10.1. The molecule has 0 spiro atoms. The van der Waals surface area contributed by atoms with E-state index in [2.05, 4.69) is 16.0 Å². The molecule has 1 heterocycles. The maximum atomic E-state index is 12.1. The summed E-state index contributed by atoms with van der Waals surface area (Å²) in [5.74, 6) is 2.33. The summed E-state index contributed by atoms with van der Waals surface area (Å²) in [4.78, 5) is 26.4. The van der Waals surface area contributed by atoms with E-state index < -0.39 is 0 Å². The Bertz CT molecular complexity index is 1270. The molecule has 0 fully saturated rings. The molecule has 0 aliphatic carbocycles. The second kappa shape index (κ2) is 15.1. The highest BCUT2D eigenvalue weighted by molar-refractivity contribution is 6.11. The number of amides is 1. The molecule has 0 aromatic heterocycles. The molecule has 3 aromatic rings. The van der Waals surface area contributed by atoms with Crippen molar-refractivity contribution in [2.45, 2.75) is 51.4 Å². The summed E-state index contributed by atoms with van der Waals surface area (Å²) in [5, 5.41) is 19.2. The van der Waals surface area contributed by atoms with Gasteiger partial charge >= 0.3 is 0 Å². The standard InChI is InChI=1S/C31H36N6O2/c38-27-21-19-26(20-22-27)35-31-36-28(16-11-17-29(37-31)33-24-12-5-3-6-13-24)32-23-10-2-1-9-18-30(39)34-25-14-7-4-8-15-25/h3-8,12-15,19-22,38H,1-2,9-11,16-18,23H2,(H,34,39)(H2,32,33,35,36,37). The number of unbranched alkanes of at least 4 members (excludes halogenated alkanes) is 3. The predicted octanol–water partition coefficient (Wildman–Crippen LogP) is 6.84. The van der Waals surface area contributed by atoms with E-state index in [0.29, 0.717) is 18.9 Å². The Hall–Kier alpha value is -4.46. The van der Waals surface area contributed by atoms with Gasteiger partial charge in [0.2, 0.25) is 11.9 Å². The van der Waals surface area contributed by atoms with Crippen LogP contribution in [-0.4, -0.2) is 35.2 Å². The number of anilines is 3. The van der Waals surface area contributed by atoms with Gasteiger partial charge in [0.1, 0.15) is 17.4 Å². The summed E-state index contributed by atoms with van der Waals surface area (Å²) >= 11 is 0. The lowest BCUT2D eigenvalue weighted by Crippen LogP contribution is -2.22. The largest absolute Gasteiger partial charge is 0.508 e. The number of guanidine groups is 1. The van der Waals surface area contributed by atoms with E-state index in [9.17, 15) is 9.90 Å². The number of amidine groups is 2. The molecule has 1 aliphatic rings. The van der Waals surface area contributed by atoms with E-state index in [4.69, 9.17) is 15.0 Å². The molecule has 39 heavy (non-hydrogen) atoms. The molecule has 202 valence electrons. The summed E-state index contributed by atoms with van der Waals surface area (Å²) in [6, 6.07) is 26.3. The smallest absolute Gasteiger partial charge is 0.230 e. The number of carbonyl (C=O) groups excluding carboxylic acids is 1. The van der Waals surface area contributed by atoms with Gasteiger partial charge in [-0.1, -0.05) is 49.2 Å². The third-order valence-electron chi connectivity index (χ3n) is 6.14. The SMILES string of the molecule is O=C(CCCCCCN=C1CCCC(Nc2ccccc2)=NC(Nc2ccc(O)cc2)=N1)Nc1ccccc1. The van der Waals surface area contributed by atoms with Crippen LogP contribution in [0.15, 0.2) is 99.9 Å². The second-order valence-electron chi connectivity index (χ2n) is 9.39. The van der Waals surface area contributed by atoms with Crippen molar-refractivity contribution < 1.29 is 9.90 Å². The van der Waals surface area contributed by atoms with Gasteiger partial charge in [0.25, 0.3) is 0 Å². The molecule has 1 amide bonds. The maximum absolute atomic E-state index is 12.1. The minimum Gasteiger partial charge on any atom is -0.508 e. The number of rotatable bonds is 10. The van der Waals surface area contributed by atoms with Crippen LogP contribution in [0.2, 0.25) is 0 Å². The number of phenols is 1. The highest BCUT2D eigenvalue weighted by Crippen LogP contribution is 2.16. The van der Waals surface area contributed by atoms with Crippen LogP contribution in [0.1, 0.15) is 51.4 Å². The number of carbonyl (C=O) groups is 1. The second-order valence-corrected chi connectivity index (χ2v) is 9.39. The minimum absolute atomic E-state index is 0.0561. The minimum atomic E-state index is 0.0561. The zero-order valence-electron chi connectivity index (χ0n) is 22.1. The van der Waals surface area contributed by atoms with E-state index in [0.717, 1.165) is 73.7 Å².